The van der Waals surface area contributed by atoms with Crippen molar-refractivity contribution in [3.05, 3.63) is 53.9 Å². The van der Waals surface area contributed by atoms with Gasteiger partial charge < -0.3 is 19.1 Å². The van der Waals surface area contributed by atoms with E-state index in [1.54, 1.807) is 24.3 Å². The number of ether oxygens (including phenoxy) is 2. The molecule has 1 N–H and O–H groups in total. The lowest BCUT2D eigenvalue weighted by Crippen LogP contribution is -2.45. The van der Waals surface area contributed by atoms with Crippen molar-refractivity contribution in [2.75, 3.05) is 32.9 Å². The minimum atomic E-state index is -0.600. The third-order valence-corrected chi connectivity index (χ3v) is 4.44. The van der Waals surface area contributed by atoms with Crippen LogP contribution in [0.15, 0.2) is 42.6 Å². The highest BCUT2D eigenvalue weighted by molar-refractivity contribution is 5.34. The number of morpholine rings is 1. The molecule has 6 nitrogen and oxygen atoms in total. The summed E-state index contributed by atoms with van der Waals surface area (Å²) < 4.78 is 13.4. The van der Waals surface area contributed by atoms with Crippen molar-refractivity contribution in [2.45, 2.75) is 12.1 Å². The summed E-state index contributed by atoms with van der Waals surface area (Å²) in [6.45, 7) is 2.81. The maximum Gasteiger partial charge on any atom is 0.119 e. The molecule has 1 aliphatic rings. The summed E-state index contributed by atoms with van der Waals surface area (Å²) in [6, 6.07) is 13.2. The summed E-state index contributed by atoms with van der Waals surface area (Å²) in [7, 11) is 2.02. The van der Waals surface area contributed by atoms with E-state index in [0.29, 0.717) is 31.1 Å². The molecule has 6 heteroatoms. The Morgan fingerprint density at radius 1 is 1.36 bits per heavy atom. The number of aliphatic hydroxyl groups excluding tert-OH is 1. The van der Waals surface area contributed by atoms with E-state index in [9.17, 15) is 5.11 Å². The van der Waals surface area contributed by atoms with Crippen LogP contribution in [0.25, 0.3) is 0 Å². The largest absolute Gasteiger partial charge is 0.491 e. The number of nitrogens with zero attached hydrogens (tertiary/aromatic N) is 3. The number of aryl methyl sites for hydroxylation is 1. The predicted octanol–water partition coefficient (Wildman–Crippen LogP) is 1.71. The Balaban J connectivity index is 1.56. The number of aromatic nitrogens is 1. The third kappa shape index (κ3) is 4.40. The van der Waals surface area contributed by atoms with Crippen LogP contribution >= 0.6 is 0 Å². The Hall–Kier alpha value is -2.33. The van der Waals surface area contributed by atoms with Crippen molar-refractivity contribution in [3.8, 4) is 11.8 Å². The average molecular weight is 341 g/mol. The summed E-state index contributed by atoms with van der Waals surface area (Å²) in [6.07, 6.45) is 1.42. The molecular formula is C19H23N3O3. The molecular weight excluding hydrogens is 318 g/mol. The van der Waals surface area contributed by atoms with Gasteiger partial charge in [0.2, 0.25) is 0 Å². The molecule has 0 spiro atoms. The van der Waals surface area contributed by atoms with E-state index in [-0.39, 0.29) is 12.6 Å². The van der Waals surface area contributed by atoms with Crippen LogP contribution in [0, 0.1) is 11.3 Å². The summed E-state index contributed by atoms with van der Waals surface area (Å²) in [5.74, 6) is 0.652. The fourth-order valence-electron chi connectivity index (χ4n) is 3.09. The van der Waals surface area contributed by atoms with Gasteiger partial charge in [0.1, 0.15) is 18.5 Å². The van der Waals surface area contributed by atoms with Crippen molar-refractivity contribution < 1.29 is 14.6 Å². The van der Waals surface area contributed by atoms with Gasteiger partial charge in [-0.1, -0.05) is 0 Å². The molecule has 0 saturated carbocycles. The maximum absolute atomic E-state index is 10.4. The van der Waals surface area contributed by atoms with Gasteiger partial charge in [-0.25, -0.2) is 0 Å². The first-order valence-corrected chi connectivity index (χ1v) is 8.41. The second-order valence-corrected chi connectivity index (χ2v) is 6.23. The number of hydrogen-bond donors (Lipinski definition) is 1. The van der Waals surface area contributed by atoms with Crippen LogP contribution in [-0.4, -0.2) is 53.6 Å². The Kier molecular flexibility index (Phi) is 5.71. The molecule has 0 bridgehead atoms. The van der Waals surface area contributed by atoms with Gasteiger partial charge in [0.25, 0.3) is 0 Å². The molecule has 1 aromatic heterocycles. The van der Waals surface area contributed by atoms with Crippen LogP contribution in [-0.2, 0) is 11.8 Å². The molecule has 2 atom stereocenters. The van der Waals surface area contributed by atoms with Crippen LogP contribution in [0.1, 0.15) is 17.3 Å². The molecule has 1 saturated heterocycles. The van der Waals surface area contributed by atoms with Crippen molar-refractivity contribution in [2.24, 2.45) is 7.05 Å². The Morgan fingerprint density at radius 3 is 2.84 bits per heavy atom. The molecule has 2 aromatic rings. The fourth-order valence-corrected chi connectivity index (χ4v) is 3.09. The molecule has 0 radical (unpaired) electrons. The Labute approximate surface area is 147 Å². The van der Waals surface area contributed by atoms with Gasteiger partial charge in [-0.3, -0.25) is 4.90 Å². The van der Waals surface area contributed by atoms with Gasteiger partial charge in [-0.2, -0.15) is 5.26 Å². The van der Waals surface area contributed by atoms with Crippen molar-refractivity contribution in [3.63, 3.8) is 0 Å². The van der Waals surface area contributed by atoms with Crippen molar-refractivity contribution in [1.29, 1.82) is 5.26 Å². The highest BCUT2D eigenvalue weighted by Crippen LogP contribution is 2.24. The zero-order chi connectivity index (χ0) is 17.6. The second kappa shape index (κ2) is 8.17. The zero-order valence-electron chi connectivity index (χ0n) is 14.3. The summed E-state index contributed by atoms with van der Waals surface area (Å²) in [4.78, 5) is 2.24. The standard InChI is InChI=1S/C19H23N3O3/c1-21-8-2-3-18(21)19-14-24-10-9-22(19)12-16(23)13-25-17-6-4-15(11-20)5-7-17/h2-8,16,19,23H,9-10,12-14H2,1H3/t16-,19+/m1/s1. The smallest absolute Gasteiger partial charge is 0.119 e. The van der Waals surface area contributed by atoms with Crippen LogP contribution in [0.2, 0.25) is 0 Å². The van der Waals surface area contributed by atoms with E-state index >= 15 is 0 Å². The molecule has 0 amide bonds. The second-order valence-electron chi connectivity index (χ2n) is 6.23. The number of β-amino-alcohol motifs (C(OH)–C–C–N with tert-alkyl or cyclic N) is 1. The van der Waals surface area contributed by atoms with Gasteiger partial charge >= 0.3 is 0 Å². The molecule has 2 heterocycles. The fraction of sp³-hybridized carbons (Fsp3) is 0.421. The average Bonchev–Trinajstić information content (AvgIpc) is 3.07. The first-order chi connectivity index (χ1) is 12.2. The number of benzene rings is 1. The van der Waals surface area contributed by atoms with E-state index in [1.165, 1.54) is 5.69 Å². The van der Waals surface area contributed by atoms with Gasteiger partial charge in [0.05, 0.1) is 30.9 Å². The quantitative estimate of drug-likeness (QED) is 0.866. The summed E-state index contributed by atoms with van der Waals surface area (Å²) in [5, 5.41) is 19.2. The summed E-state index contributed by atoms with van der Waals surface area (Å²) in [5.41, 5.74) is 1.77. The van der Waals surface area contributed by atoms with Crippen LogP contribution in [0.4, 0.5) is 0 Å². The molecule has 0 aliphatic carbocycles. The molecule has 3 rings (SSSR count). The van der Waals surface area contributed by atoms with Crippen LogP contribution < -0.4 is 4.74 Å². The Morgan fingerprint density at radius 2 is 2.16 bits per heavy atom. The van der Waals surface area contributed by atoms with E-state index in [4.69, 9.17) is 14.7 Å². The molecule has 1 fully saturated rings. The number of rotatable bonds is 6. The predicted molar refractivity (Wildman–Crippen MR) is 93.2 cm³/mol. The number of hydrogen-bond acceptors (Lipinski definition) is 5. The summed E-state index contributed by atoms with van der Waals surface area (Å²) >= 11 is 0. The molecule has 0 unspecified atom stereocenters. The van der Waals surface area contributed by atoms with Crippen molar-refractivity contribution in [1.82, 2.24) is 9.47 Å². The number of aliphatic hydroxyl groups is 1. The first-order valence-electron chi connectivity index (χ1n) is 8.41. The van der Waals surface area contributed by atoms with Gasteiger partial charge in [-0.15, -0.1) is 0 Å². The van der Waals surface area contributed by atoms with Crippen LogP contribution in [0.3, 0.4) is 0 Å². The maximum atomic E-state index is 10.4. The lowest BCUT2D eigenvalue weighted by Gasteiger charge is -2.36. The minimum Gasteiger partial charge on any atom is -0.491 e. The van der Waals surface area contributed by atoms with E-state index in [0.717, 1.165) is 6.54 Å². The van der Waals surface area contributed by atoms with Gasteiger partial charge in [-0.05, 0) is 36.4 Å². The van der Waals surface area contributed by atoms with E-state index in [2.05, 4.69) is 21.6 Å². The lowest BCUT2D eigenvalue weighted by atomic mass is 10.1. The highest BCUT2D eigenvalue weighted by Gasteiger charge is 2.27. The van der Waals surface area contributed by atoms with E-state index in [1.807, 2.05) is 19.3 Å². The minimum absolute atomic E-state index is 0.137. The first kappa shape index (κ1) is 17.5. The molecule has 1 aliphatic heterocycles. The monoisotopic (exact) mass is 341 g/mol. The molecule has 1 aromatic carbocycles. The zero-order valence-corrected chi connectivity index (χ0v) is 14.3. The molecule has 25 heavy (non-hydrogen) atoms. The lowest BCUT2D eigenvalue weighted by molar-refractivity contribution is -0.0356. The van der Waals surface area contributed by atoms with Gasteiger partial charge in [0.15, 0.2) is 0 Å². The van der Waals surface area contributed by atoms with Crippen LogP contribution in [0.5, 0.6) is 5.75 Å². The highest BCUT2D eigenvalue weighted by atomic mass is 16.5. The van der Waals surface area contributed by atoms with Crippen molar-refractivity contribution >= 4 is 0 Å². The normalized spacial score (nSPS) is 19.3. The SMILES string of the molecule is Cn1cccc1[C@@H]1COCCN1C[C@@H](O)COc1ccc(C#N)cc1. The Bertz CT molecular complexity index is 720. The van der Waals surface area contributed by atoms with E-state index < -0.39 is 6.10 Å². The topological polar surface area (TPSA) is 70.7 Å². The number of nitriles is 1. The third-order valence-electron chi connectivity index (χ3n) is 4.44. The van der Waals surface area contributed by atoms with Gasteiger partial charge in [0, 0.05) is 32.0 Å². The molecule has 132 valence electrons.